The number of benzene rings is 2. The van der Waals surface area contributed by atoms with Crippen LogP contribution in [-0.2, 0) is 6.54 Å². The Morgan fingerprint density at radius 3 is 2.78 bits per heavy atom. The molecule has 0 saturated carbocycles. The van der Waals surface area contributed by atoms with Crippen LogP contribution in [0.4, 0.5) is 5.69 Å². The Kier molecular flexibility index (Phi) is 3.76. The van der Waals surface area contributed by atoms with E-state index in [2.05, 4.69) is 4.98 Å². The van der Waals surface area contributed by atoms with Crippen molar-refractivity contribution < 1.29 is 9.66 Å². The second kappa shape index (κ2) is 5.88. The Morgan fingerprint density at radius 1 is 1.26 bits per heavy atom. The number of aromatic nitrogens is 2. The number of nitrogens with zero attached hydrogens (tertiary/aromatic N) is 3. The van der Waals surface area contributed by atoms with Crippen LogP contribution in [-0.4, -0.2) is 21.6 Å². The van der Waals surface area contributed by atoms with Gasteiger partial charge in [0.1, 0.15) is 5.75 Å². The third kappa shape index (κ3) is 2.76. The molecule has 116 valence electrons. The summed E-state index contributed by atoms with van der Waals surface area (Å²) in [5, 5.41) is 11.4. The van der Waals surface area contributed by atoms with E-state index in [-0.39, 0.29) is 17.8 Å². The van der Waals surface area contributed by atoms with Crippen molar-refractivity contribution >= 4 is 16.6 Å². The Balaban J connectivity index is 2.08. The molecule has 0 spiro atoms. The monoisotopic (exact) mass is 311 g/mol. The minimum atomic E-state index is -0.482. The van der Waals surface area contributed by atoms with Crippen LogP contribution >= 0.6 is 0 Å². The van der Waals surface area contributed by atoms with Crippen molar-refractivity contribution in [2.24, 2.45) is 0 Å². The molecule has 0 aliphatic carbocycles. The normalized spacial score (nSPS) is 10.7. The highest BCUT2D eigenvalue weighted by atomic mass is 16.6. The highest BCUT2D eigenvalue weighted by molar-refractivity contribution is 5.76. The van der Waals surface area contributed by atoms with Crippen LogP contribution in [0.5, 0.6) is 5.75 Å². The average Bonchev–Trinajstić information content (AvgIpc) is 2.57. The first-order valence-electron chi connectivity index (χ1n) is 6.85. The van der Waals surface area contributed by atoms with Gasteiger partial charge in [-0.2, -0.15) is 0 Å². The van der Waals surface area contributed by atoms with E-state index in [0.29, 0.717) is 22.2 Å². The van der Waals surface area contributed by atoms with Crippen LogP contribution in [0.25, 0.3) is 10.9 Å². The molecule has 7 heteroatoms. The predicted molar refractivity (Wildman–Crippen MR) is 84.8 cm³/mol. The molecule has 0 radical (unpaired) electrons. The number of rotatable bonds is 4. The summed E-state index contributed by atoms with van der Waals surface area (Å²) >= 11 is 0. The van der Waals surface area contributed by atoms with E-state index >= 15 is 0 Å². The van der Waals surface area contributed by atoms with Crippen molar-refractivity contribution in [2.75, 3.05) is 7.11 Å². The van der Waals surface area contributed by atoms with E-state index in [4.69, 9.17) is 4.74 Å². The van der Waals surface area contributed by atoms with Crippen molar-refractivity contribution in [3.05, 3.63) is 74.8 Å². The Bertz CT molecular complexity index is 949. The van der Waals surface area contributed by atoms with Crippen molar-refractivity contribution in [1.82, 2.24) is 9.55 Å². The van der Waals surface area contributed by atoms with E-state index in [9.17, 15) is 14.9 Å². The third-order valence-electron chi connectivity index (χ3n) is 3.55. The number of hydrogen-bond acceptors (Lipinski definition) is 5. The maximum absolute atomic E-state index is 12.5. The molecule has 0 aliphatic heterocycles. The van der Waals surface area contributed by atoms with Gasteiger partial charge in [0.25, 0.3) is 11.2 Å². The Labute approximate surface area is 130 Å². The first kappa shape index (κ1) is 14.7. The Morgan fingerprint density at radius 2 is 2.04 bits per heavy atom. The topological polar surface area (TPSA) is 87.3 Å². The number of nitro groups is 1. The zero-order chi connectivity index (χ0) is 16.4. The van der Waals surface area contributed by atoms with E-state index in [1.54, 1.807) is 18.2 Å². The van der Waals surface area contributed by atoms with Crippen LogP contribution in [0, 0.1) is 10.1 Å². The number of para-hydroxylation sites is 1. The molecule has 3 aromatic rings. The molecular weight excluding hydrogens is 298 g/mol. The number of nitro benzene ring substituents is 1. The molecule has 0 saturated heterocycles. The minimum absolute atomic E-state index is 0.0532. The average molecular weight is 311 g/mol. The molecule has 0 amide bonds. The zero-order valence-electron chi connectivity index (χ0n) is 12.3. The standard InChI is InChI=1S/C16H13N3O4/c1-23-15-7-6-12(19(21)22)8-11(15)9-18-10-17-14-5-3-2-4-13(14)16(18)20/h2-8,10H,9H2,1H3. The molecule has 23 heavy (non-hydrogen) atoms. The first-order valence-corrected chi connectivity index (χ1v) is 6.85. The quantitative estimate of drug-likeness (QED) is 0.545. The smallest absolute Gasteiger partial charge is 0.270 e. The van der Waals surface area contributed by atoms with E-state index in [0.717, 1.165) is 0 Å². The number of methoxy groups -OCH3 is 1. The van der Waals surface area contributed by atoms with Crippen molar-refractivity contribution in [3.8, 4) is 5.75 Å². The molecule has 0 unspecified atom stereocenters. The maximum Gasteiger partial charge on any atom is 0.270 e. The molecule has 0 N–H and O–H groups in total. The summed E-state index contributed by atoms with van der Waals surface area (Å²) in [5.74, 6) is 0.482. The summed E-state index contributed by atoms with van der Waals surface area (Å²) in [6.07, 6.45) is 1.43. The van der Waals surface area contributed by atoms with Crippen LogP contribution in [0.3, 0.4) is 0 Å². The van der Waals surface area contributed by atoms with Gasteiger partial charge in [-0.05, 0) is 18.2 Å². The molecule has 7 nitrogen and oxygen atoms in total. The summed E-state index contributed by atoms with van der Waals surface area (Å²) in [7, 11) is 1.48. The van der Waals surface area contributed by atoms with E-state index in [1.807, 2.05) is 6.07 Å². The Hall–Kier alpha value is -3.22. The van der Waals surface area contributed by atoms with Gasteiger partial charge >= 0.3 is 0 Å². The SMILES string of the molecule is COc1ccc([N+](=O)[O-])cc1Cn1cnc2ccccc2c1=O. The number of ether oxygens (including phenoxy) is 1. The van der Waals surface area contributed by atoms with Crippen LogP contribution in [0.15, 0.2) is 53.6 Å². The largest absolute Gasteiger partial charge is 0.496 e. The van der Waals surface area contributed by atoms with Gasteiger partial charge in [-0.3, -0.25) is 19.5 Å². The van der Waals surface area contributed by atoms with E-state index in [1.165, 1.54) is 36.2 Å². The van der Waals surface area contributed by atoms with Gasteiger partial charge in [0.05, 0.1) is 35.8 Å². The lowest BCUT2D eigenvalue weighted by Crippen LogP contribution is -2.21. The first-order chi connectivity index (χ1) is 11.1. The fourth-order valence-electron chi connectivity index (χ4n) is 2.40. The van der Waals surface area contributed by atoms with Crippen molar-refractivity contribution in [2.45, 2.75) is 6.54 Å². The molecule has 0 fully saturated rings. The lowest BCUT2D eigenvalue weighted by Gasteiger charge is -2.10. The molecular formula is C16H13N3O4. The maximum atomic E-state index is 12.5. The summed E-state index contributed by atoms with van der Waals surface area (Å²) in [4.78, 5) is 27.2. The van der Waals surface area contributed by atoms with Crippen LogP contribution < -0.4 is 10.3 Å². The summed E-state index contributed by atoms with van der Waals surface area (Å²) in [6, 6.07) is 11.3. The van der Waals surface area contributed by atoms with Gasteiger partial charge in [0.15, 0.2) is 0 Å². The molecule has 0 aliphatic rings. The van der Waals surface area contributed by atoms with Gasteiger partial charge in [-0.1, -0.05) is 12.1 Å². The molecule has 0 bridgehead atoms. The van der Waals surface area contributed by atoms with Crippen LogP contribution in [0.1, 0.15) is 5.56 Å². The molecule has 3 rings (SSSR count). The number of non-ortho nitro benzene ring substituents is 1. The zero-order valence-corrected chi connectivity index (χ0v) is 12.3. The van der Waals surface area contributed by atoms with Gasteiger partial charge in [-0.15, -0.1) is 0 Å². The predicted octanol–water partition coefficient (Wildman–Crippen LogP) is 2.36. The molecule has 1 aromatic heterocycles. The van der Waals surface area contributed by atoms with Gasteiger partial charge < -0.3 is 4.74 Å². The lowest BCUT2D eigenvalue weighted by molar-refractivity contribution is -0.384. The molecule has 0 atom stereocenters. The summed E-state index contributed by atoms with van der Waals surface area (Å²) in [5.41, 5.74) is 0.896. The van der Waals surface area contributed by atoms with Gasteiger partial charge in [0.2, 0.25) is 0 Å². The fraction of sp³-hybridized carbons (Fsp3) is 0.125. The third-order valence-corrected chi connectivity index (χ3v) is 3.55. The molecule has 2 aromatic carbocycles. The number of hydrogen-bond donors (Lipinski definition) is 0. The minimum Gasteiger partial charge on any atom is -0.496 e. The van der Waals surface area contributed by atoms with Gasteiger partial charge in [-0.25, -0.2) is 4.98 Å². The van der Waals surface area contributed by atoms with Crippen molar-refractivity contribution in [3.63, 3.8) is 0 Å². The second-order valence-electron chi connectivity index (χ2n) is 4.95. The highest BCUT2D eigenvalue weighted by Gasteiger charge is 2.13. The van der Waals surface area contributed by atoms with Gasteiger partial charge in [0, 0.05) is 17.7 Å². The van der Waals surface area contributed by atoms with Crippen molar-refractivity contribution in [1.29, 1.82) is 0 Å². The summed E-state index contributed by atoms with van der Waals surface area (Å²) < 4.78 is 6.63. The number of fused-ring (bicyclic) bond motifs is 1. The van der Waals surface area contributed by atoms with E-state index < -0.39 is 4.92 Å². The fourth-order valence-corrected chi connectivity index (χ4v) is 2.40. The second-order valence-corrected chi connectivity index (χ2v) is 4.95. The lowest BCUT2D eigenvalue weighted by atomic mass is 10.1. The summed E-state index contributed by atoms with van der Waals surface area (Å²) in [6.45, 7) is 0.140. The highest BCUT2D eigenvalue weighted by Crippen LogP contribution is 2.24. The van der Waals surface area contributed by atoms with Crippen LogP contribution in [0.2, 0.25) is 0 Å². The molecule has 1 heterocycles.